The zero-order valence-corrected chi connectivity index (χ0v) is 13.0. The first kappa shape index (κ1) is 16.1. The van der Waals surface area contributed by atoms with Gasteiger partial charge in [-0.15, -0.1) is 0 Å². The van der Waals surface area contributed by atoms with Crippen molar-refractivity contribution in [3.05, 3.63) is 29.3 Å². The van der Waals surface area contributed by atoms with Crippen molar-refractivity contribution in [3.63, 3.8) is 0 Å². The van der Waals surface area contributed by atoms with Gasteiger partial charge in [-0.3, -0.25) is 9.69 Å². The highest BCUT2D eigenvalue weighted by atomic mass is 32.2. The Bertz CT molecular complexity index is 434. The highest BCUT2D eigenvalue weighted by Crippen LogP contribution is 2.22. The summed E-state index contributed by atoms with van der Waals surface area (Å²) >= 11 is 1.83. The normalized spacial score (nSPS) is 12.7. The molecule has 0 radical (unpaired) electrons. The Morgan fingerprint density at radius 3 is 2.68 bits per heavy atom. The van der Waals surface area contributed by atoms with E-state index in [2.05, 4.69) is 25.1 Å². The molecule has 0 aliphatic rings. The molecule has 0 heterocycles. The molecule has 1 atom stereocenters. The van der Waals surface area contributed by atoms with E-state index in [1.807, 2.05) is 11.8 Å². The Morgan fingerprint density at radius 1 is 1.47 bits per heavy atom. The molecule has 0 spiro atoms. The molecule has 1 N–H and O–H groups in total. The number of hydrogen-bond donors (Lipinski definition) is 1. The van der Waals surface area contributed by atoms with Crippen LogP contribution in [0.25, 0.3) is 0 Å². The molecule has 0 aromatic heterocycles. The van der Waals surface area contributed by atoms with Crippen LogP contribution in [0.15, 0.2) is 18.2 Å². The lowest BCUT2D eigenvalue weighted by molar-refractivity contribution is 0.101. The van der Waals surface area contributed by atoms with Gasteiger partial charge in [0.1, 0.15) is 5.75 Å². The molecule has 0 amide bonds. The summed E-state index contributed by atoms with van der Waals surface area (Å²) in [7, 11) is 2.06. The van der Waals surface area contributed by atoms with Crippen molar-refractivity contribution in [3.8, 4) is 5.75 Å². The number of benzene rings is 1. The third-order valence-electron chi connectivity index (χ3n) is 3.36. The van der Waals surface area contributed by atoms with Crippen LogP contribution in [0.4, 0.5) is 0 Å². The minimum Gasteiger partial charge on any atom is -0.508 e. The molecule has 0 bridgehead atoms. The van der Waals surface area contributed by atoms with Crippen LogP contribution in [0.1, 0.15) is 36.2 Å². The number of aromatic hydroxyl groups is 1. The largest absolute Gasteiger partial charge is 0.508 e. The minimum absolute atomic E-state index is 0.0278. The molecule has 1 aromatic rings. The van der Waals surface area contributed by atoms with Crippen LogP contribution in [0.3, 0.4) is 0 Å². The lowest BCUT2D eigenvalue weighted by atomic mass is 10.1. The summed E-state index contributed by atoms with van der Waals surface area (Å²) in [5.41, 5.74) is 1.47. The van der Waals surface area contributed by atoms with Crippen molar-refractivity contribution in [2.75, 3.05) is 19.1 Å². The average Bonchev–Trinajstić information content (AvgIpc) is 2.38. The Morgan fingerprint density at radius 2 is 2.16 bits per heavy atom. The number of Topliss-reactive ketones (excluding diaryl/α,β-unsaturated/α-hetero) is 1. The molecule has 0 saturated carbocycles. The molecular weight excluding hydrogens is 258 g/mol. The maximum absolute atomic E-state index is 11.4. The van der Waals surface area contributed by atoms with Crippen LogP contribution in [0.5, 0.6) is 5.75 Å². The molecule has 19 heavy (non-hydrogen) atoms. The second-order valence-corrected chi connectivity index (χ2v) is 5.74. The maximum Gasteiger partial charge on any atom is 0.159 e. The van der Waals surface area contributed by atoms with Crippen molar-refractivity contribution < 1.29 is 9.90 Å². The van der Waals surface area contributed by atoms with Gasteiger partial charge in [0.05, 0.1) is 0 Å². The fourth-order valence-electron chi connectivity index (χ4n) is 2.08. The lowest BCUT2D eigenvalue weighted by Crippen LogP contribution is -2.32. The molecule has 3 nitrogen and oxygen atoms in total. The van der Waals surface area contributed by atoms with E-state index < -0.39 is 0 Å². The SMILES string of the molecule is CCC(CSC)N(C)Cc1cc(C(C)=O)ccc1O. The number of nitrogens with zero attached hydrogens (tertiary/aromatic N) is 1. The Labute approximate surface area is 120 Å². The van der Waals surface area contributed by atoms with Gasteiger partial charge in [-0.25, -0.2) is 0 Å². The van der Waals surface area contributed by atoms with Gasteiger partial charge < -0.3 is 5.11 Å². The monoisotopic (exact) mass is 281 g/mol. The molecule has 0 aliphatic heterocycles. The molecule has 0 fully saturated rings. The van der Waals surface area contributed by atoms with Crippen molar-refractivity contribution in [2.24, 2.45) is 0 Å². The zero-order chi connectivity index (χ0) is 14.4. The molecule has 1 unspecified atom stereocenters. The van der Waals surface area contributed by atoms with Gasteiger partial charge in [0.15, 0.2) is 5.78 Å². The molecule has 4 heteroatoms. The van der Waals surface area contributed by atoms with Crippen LogP contribution < -0.4 is 0 Å². The topological polar surface area (TPSA) is 40.5 Å². The smallest absolute Gasteiger partial charge is 0.159 e. The maximum atomic E-state index is 11.4. The van der Waals surface area contributed by atoms with Gasteiger partial charge in [-0.1, -0.05) is 6.92 Å². The summed E-state index contributed by atoms with van der Waals surface area (Å²) in [6.07, 6.45) is 3.18. The van der Waals surface area contributed by atoms with Gasteiger partial charge in [-0.2, -0.15) is 11.8 Å². The minimum atomic E-state index is 0.0278. The molecule has 106 valence electrons. The number of rotatable bonds is 7. The van der Waals surface area contributed by atoms with Crippen LogP contribution in [-0.2, 0) is 6.54 Å². The molecule has 0 saturated heterocycles. The van der Waals surface area contributed by atoms with Crippen LogP contribution in [-0.4, -0.2) is 40.9 Å². The Kier molecular flexibility index (Phi) is 6.38. The molecule has 1 aromatic carbocycles. The summed E-state index contributed by atoms with van der Waals surface area (Å²) in [6, 6.07) is 5.55. The van der Waals surface area contributed by atoms with E-state index in [1.165, 1.54) is 0 Å². The van der Waals surface area contributed by atoms with E-state index in [9.17, 15) is 9.90 Å². The third-order valence-corrected chi connectivity index (χ3v) is 4.08. The first-order valence-electron chi connectivity index (χ1n) is 6.51. The van der Waals surface area contributed by atoms with Crippen molar-refractivity contribution in [2.45, 2.75) is 32.9 Å². The van der Waals surface area contributed by atoms with Gasteiger partial charge in [-0.05, 0) is 44.8 Å². The highest BCUT2D eigenvalue weighted by Gasteiger charge is 2.15. The Hall–Kier alpha value is -1.00. The summed E-state index contributed by atoms with van der Waals surface area (Å²) in [5, 5.41) is 9.91. The number of phenols is 1. The summed E-state index contributed by atoms with van der Waals surface area (Å²) in [5.74, 6) is 1.36. The molecule has 0 aliphatic carbocycles. The summed E-state index contributed by atoms with van der Waals surface area (Å²) < 4.78 is 0. The number of ketones is 1. The predicted octanol–water partition coefficient (Wildman–Crippen LogP) is 3.17. The van der Waals surface area contributed by atoms with E-state index in [4.69, 9.17) is 0 Å². The fraction of sp³-hybridized carbons (Fsp3) is 0.533. The van der Waals surface area contributed by atoms with E-state index in [-0.39, 0.29) is 11.5 Å². The molecule has 1 rings (SSSR count). The zero-order valence-electron chi connectivity index (χ0n) is 12.1. The van der Waals surface area contributed by atoms with Gasteiger partial charge in [0.25, 0.3) is 0 Å². The van der Waals surface area contributed by atoms with Gasteiger partial charge in [0.2, 0.25) is 0 Å². The van der Waals surface area contributed by atoms with E-state index >= 15 is 0 Å². The highest BCUT2D eigenvalue weighted by molar-refractivity contribution is 7.98. The van der Waals surface area contributed by atoms with E-state index in [0.717, 1.165) is 17.7 Å². The number of hydrogen-bond acceptors (Lipinski definition) is 4. The first-order chi connectivity index (χ1) is 8.99. The Balaban J connectivity index is 2.85. The van der Waals surface area contributed by atoms with Crippen molar-refractivity contribution >= 4 is 17.5 Å². The second kappa shape index (κ2) is 7.56. The van der Waals surface area contributed by atoms with Crippen molar-refractivity contribution in [1.29, 1.82) is 0 Å². The van der Waals surface area contributed by atoms with Gasteiger partial charge >= 0.3 is 0 Å². The third kappa shape index (κ3) is 4.55. The van der Waals surface area contributed by atoms with Crippen LogP contribution >= 0.6 is 11.8 Å². The standard InChI is InChI=1S/C15H23NO2S/c1-5-14(10-19-4)16(3)9-13-8-12(11(2)17)6-7-15(13)18/h6-8,14,18H,5,9-10H2,1-4H3. The second-order valence-electron chi connectivity index (χ2n) is 4.83. The average molecular weight is 281 g/mol. The van der Waals surface area contributed by atoms with Crippen LogP contribution in [0.2, 0.25) is 0 Å². The number of carbonyl (C=O) groups is 1. The van der Waals surface area contributed by atoms with Crippen LogP contribution in [0, 0.1) is 0 Å². The quantitative estimate of drug-likeness (QED) is 0.779. The lowest BCUT2D eigenvalue weighted by Gasteiger charge is -2.27. The number of carbonyl (C=O) groups excluding carboxylic acids is 1. The van der Waals surface area contributed by atoms with Gasteiger partial charge in [0, 0.05) is 29.5 Å². The first-order valence-corrected chi connectivity index (χ1v) is 7.91. The van der Waals surface area contributed by atoms with Crippen molar-refractivity contribution in [1.82, 2.24) is 4.90 Å². The summed E-state index contributed by atoms with van der Waals surface area (Å²) in [4.78, 5) is 13.6. The number of thioether (sulfide) groups is 1. The summed E-state index contributed by atoms with van der Waals surface area (Å²) in [6.45, 7) is 4.37. The van der Waals surface area contributed by atoms with E-state index in [0.29, 0.717) is 18.2 Å². The molecular formula is C15H23NO2S. The number of phenolic OH excluding ortho intramolecular Hbond substituents is 1. The fourth-order valence-corrected chi connectivity index (χ4v) is 2.95. The van der Waals surface area contributed by atoms with E-state index in [1.54, 1.807) is 25.1 Å². The predicted molar refractivity (Wildman–Crippen MR) is 82.0 cm³/mol.